The number of carbonyl (C=O) groups is 1. The smallest absolute Gasteiger partial charge is 0.251 e. The largest absolute Gasteiger partial charge is 0.352 e. The highest BCUT2D eigenvalue weighted by molar-refractivity contribution is 5.94. The highest BCUT2D eigenvalue weighted by Gasteiger charge is 2.05. The van der Waals surface area contributed by atoms with E-state index in [2.05, 4.69) is 41.4 Å². The average molecular weight is 296 g/mol. The summed E-state index contributed by atoms with van der Waals surface area (Å²) in [5.74, 6) is -0.00505. The van der Waals surface area contributed by atoms with Gasteiger partial charge in [0.2, 0.25) is 0 Å². The predicted octanol–water partition coefficient (Wildman–Crippen LogP) is 3.34. The predicted molar refractivity (Wildman–Crippen MR) is 92.1 cm³/mol. The molecule has 0 atom stereocenters. The zero-order valence-electron chi connectivity index (χ0n) is 13.6. The molecule has 0 saturated carbocycles. The van der Waals surface area contributed by atoms with Gasteiger partial charge in [0.1, 0.15) is 0 Å². The average Bonchev–Trinajstić information content (AvgIpc) is 2.51. The molecule has 0 heterocycles. The van der Waals surface area contributed by atoms with E-state index in [4.69, 9.17) is 0 Å². The molecule has 0 bridgehead atoms. The molecule has 22 heavy (non-hydrogen) atoms. The molecule has 0 spiro atoms. The summed E-state index contributed by atoms with van der Waals surface area (Å²) in [5.41, 5.74) is 4.26. The van der Waals surface area contributed by atoms with Crippen molar-refractivity contribution >= 4 is 5.91 Å². The van der Waals surface area contributed by atoms with E-state index < -0.39 is 0 Å². The van der Waals surface area contributed by atoms with Gasteiger partial charge in [-0.2, -0.15) is 0 Å². The Morgan fingerprint density at radius 2 is 1.77 bits per heavy atom. The van der Waals surface area contributed by atoms with Crippen LogP contribution < -0.4 is 5.32 Å². The highest BCUT2D eigenvalue weighted by Crippen LogP contribution is 2.20. The summed E-state index contributed by atoms with van der Waals surface area (Å²) >= 11 is 0. The summed E-state index contributed by atoms with van der Waals surface area (Å²) in [6.07, 6.45) is 0.958. The number of rotatable bonds is 6. The lowest BCUT2D eigenvalue weighted by Crippen LogP contribution is -2.27. The van der Waals surface area contributed by atoms with Crippen LogP contribution >= 0.6 is 0 Å². The minimum atomic E-state index is -0.00505. The fourth-order valence-corrected chi connectivity index (χ4v) is 2.34. The van der Waals surface area contributed by atoms with Crippen LogP contribution in [0.4, 0.5) is 0 Å². The van der Waals surface area contributed by atoms with Crippen molar-refractivity contribution in [1.29, 1.82) is 0 Å². The van der Waals surface area contributed by atoms with E-state index in [0.717, 1.165) is 18.5 Å². The fourth-order valence-electron chi connectivity index (χ4n) is 2.34. The van der Waals surface area contributed by atoms with Gasteiger partial charge in [0, 0.05) is 12.1 Å². The Hall–Kier alpha value is -2.13. The minimum absolute atomic E-state index is 0.00505. The van der Waals surface area contributed by atoms with Gasteiger partial charge in [-0.05, 0) is 57.2 Å². The van der Waals surface area contributed by atoms with E-state index >= 15 is 0 Å². The van der Waals surface area contributed by atoms with Gasteiger partial charge in [0.15, 0.2) is 0 Å². The van der Waals surface area contributed by atoms with E-state index in [9.17, 15) is 4.79 Å². The lowest BCUT2D eigenvalue weighted by atomic mass is 10.0. The van der Waals surface area contributed by atoms with Gasteiger partial charge in [-0.25, -0.2) is 0 Å². The topological polar surface area (TPSA) is 32.3 Å². The van der Waals surface area contributed by atoms with Crippen LogP contribution in [0.2, 0.25) is 0 Å². The maximum absolute atomic E-state index is 12.1. The molecule has 1 amide bonds. The normalized spacial score (nSPS) is 10.7. The van der Waals surface area contributed by atoms with E-state index in [0.29, 0.717) is 12.1 Å². The van der Waals surface area contributed by atoms with Gasteiger partial charge >= 0.3 is 0 Å². The van der Waals surface area contributed by atoms with Crippen molar-refractivity contribution in [2.75, 3.05) is 27.2 Å². The minimum Gasteiger partial charge on any atom is -0.352 e. The molecule has 0 saturated heterocycles. The van der Waals surface area contributed by atoms with Crippen molar-refractivity contribution in [2.45, 2.75) is 13.3 Å². The highest BCUT2D eigenvalue weighted by atomic mass is 16.1. The molecule has 3 heteroatoms. The second-order valence-electron chi connectivity index (χ2n) is 5.86. The lowest BCUT2D eigenvalue weighted by molar-refractivity contribution is 0.0952. The zero-order valence-corrected chi connectivity index (χ0v) is 13.6. The van der Waals surface area contributed by atoms with Crippen molar-refractivity contribution in [1.82, 2.24) is 10.2 Å². The van der Waals surface area contributed by atoms with Crippen LogP contribution in [0.15, 0.2) is 48.5 Å². The molecule has 0 fully saturated rings. The van der Waals surface area contributed by atoms with E-state index in [-0.39, 0.29) is 5.91 Å². The number of carbonyl (C=O) groups excluding carboxylic acids is 1. The quantitative estimate of drug-likeness (QED) is 0.829. The van der Waals surface area contributed by atoms with Crippen LogP contribution in [0.5, 0.6) is 0 Å². The van der Waals surface area contributed by atoms with E-state index in [1.165, 1.54) is 11.1 Å². The summed E-state index contributed by atoms with van der Waals surface area (Å²) in [4.78, 5) is 14.2. The van der Waals surface area contributed by atoms with Gasteiger partial charge in [-0.15, -0.1) is 0 Å². The number of hydrogen-bond donors (Lipinski definition) is 1. The Morgan fingerprint density at radius 3 is 2.41 bits per heavy atom. The molecule has 116 valence electrons. The van der Waals surface area contributed by atoms with Crippen molar-refractivity contribution in [3.8, 4) is 11.1 Å². The van der Waals surface area contributed by atoms with Gasteiger partial charge in [0.25, 0.3) is 5.91 Å². The molecular formula is C19H24N2O. The molecule has 0 unspecified atom stereocenters. The third kappa shape index (κ3) is 4.71. The molecule has 2 aromatic carbocycles. The third-order valence-corrected chi connectivity index (χ3v) is 3.57. The SMILES string of the molecule is Cc1cccc(-c2ccc(C(=O)NCCCN(C)C)cc2)c1. The fraction of sp³-hybridized carbons (Fsp3) is 0.316. The summed E-state index contributed by atoms with van der Waals surface area (Å²) in [7, 11) is 4.07. The Bertz CT molecular complexity index is 618. The Labute approximate surface area is 133 Å². The first-order valence-electron chi connectivity index (χ1n) is 7.66. The first-order valence-corrected chi connectivity index (χ1v) is 7.66. The summed E-state index contributed by atoms with van der Waals surface area (Å²) in [6.45, 7) is 3.77. The first kappa shape index (κ1) is 16.2. The molecule has 0 aromatic heterocycles. The van der Waals surface area contributed by atoms with Gasteiger partial charge < -0.3 is 10.2 Å². The Morgan fingerprint density at radius 1 is 1.05 bits per heavy atom. The third-order valence-electron chi connectivity index (χ3n) is 3.57. The van der Waals surface area contributed by atoms with Crippen molar-refractivity contribution in [3.63, 3.8) is 0 Å². The Kier molecular flexibility index (Phi) is 5.73. The van der Waals surface area contributed by atoms with Gasteiger partial charge in [0.05, 0.1) is 0 Å². The molecule has 0 aliphatic heterocycles. The molecule has 2 aromatic rings. The number of nitrogens with one attached hydrogen (secondary N) is 1. The molecule has 0 radical (unpaired) electrons. The maximum Gasteiger partial charge on any atom is 0.251 e. The van der Waals surface area contributed by atoms with E-state index in [1.807, 2.05) is 38.4 Å². The Balaban J connectivity index is 1.95. The summed E-state index contributed by atoms with van der Waals surface area (Å²) < 4.78 is 0. The number of hydrogen-bond acceptors (Lipinski definition) is 2. The zero-order chi connectivity index (χ0) is 15.9. The van der Waals surface area contributed by atoms with Gasteiger partial charge in [-0.3, -0.25) is 4.79 Å². The van der Waals surface area contributed by atoms with Crippen LogP contribution in [0, 0.1) is 6.92 Å². The molecule has 0 aliphatic rings. The van der Waals surface area contributed by atoms with E-state index in [1.54, 1.807) is 0 Å². The standard InChI is InChI=1S/C19H24N2O/c1-15-6-4-7-18(14-15)16-8-10-17(11-9-16)19(22)20-12-5-13-21(2)3/h4,6-11,14H,5,12-13H2,1-3H3,(H,20,22). The molecule has 3 nitrogen and oxygen atoms in total. The summed E-state index contributed by atoms with van der Waals surface area (Å²) in [6, 6.07) is 16.2. The van der Waals surface area contributed by atoms with Crippen molar-refractivity contribution < 1.29 is 4.79 Å². The van der Waals surface area contributed by atoms with Crippen LogP contribution in [0.1, 0.15) is 22.3 Å². The van der Waals surface area contributed by atoms with Crippen LogP contribution in [0.25, 0.3) is 11.1 Å². The van der Waals surface area contributed by atoms with Crippen molar-refractivity contribution in [2.24, 2.45) is 0 Å². The number of benzene rings is 2. The van der Waals surface area contributed by atoms with Crippen molar-refractivity contribution in [3.05, 3.63) is 59.7 Å². The monoisotopic (exact) mass is 296 g/mol. The van der Waals surface area contributed by atoms with Crippen LogP contribution in [0.3, 0.4) is 0 Å². The summed E-state index contributed by atoms with van der Waals surface area (Å²) in [5, 5.41) is 2.96. The van der Waals surface area contributed by atoms with Crippen LogP contribution in [-0.4, -0.2) is 38.0 Å². The molecular weight excluding hydrogens is 272 g/mol. The van der Waals surface area contributed by atoms with Crippen LogP contribution in [-0.2, 0) is 0 Å². The molecule has 2 rings (SSSR count). The molecule has 1 N–H and O–H groups in total. The molecule has 0 aliphatic carbocycles. The lowest BCUT2D eigenvalue weighted by Gasteiger charge is -2.10. The second-order valence-corrected chi connectivity index (χ2v) is 5.86. The number of amides is 1. The van der Waals surface area contributed by atoms with Gasteiger partial charge in [-0.1, -0.05) is 42.0 Å². The second kappa shape index (κ2) is 7.76. The first-order chi connectivity index (χ1) is 10.6. The number of aryl methyl sites for hydroxylation is 1. The maximum atomic E-state index is 12.1. The number of nitrogens with zero attached hydrogens (tertiary/aromatic N) is 1.